The van der Waals surface area contributed by atoms with Crippen LogP contribution in [0, 0.1) is 17.0 Å². The second-order valence-corrected chi connectivity index (χ2v) is 4.12. The van der Waals surface area contributed by atoms with Crippen LogP contribution in [0.25, 0.3) is 0 Å². The number of nitro groups is 1. The number of aromatic nitrogens is 3. The number of pyridine rings is 1. The van der Waals surface area contributed by atoms with E-state index >= 15 is 0 Å². The van der Waals surface area contributed by atoms with Gasteiger partial charge in [0.2, 0.25) is 5.82 Å². The Morgan fingerprint density at radius 1 is 1.53 bits per heavy atom. The summed E-state index contributed by atoms with van der Waals surface area (Å²) in [7, 11) is 1.85. The van der Waals surface area contributed by atoms with Crippen LogP contribution in [0.3, 0.4) is 0 Å². The van der Waals surface area contributed by atoms with E-state index in [1.165, 1.54) is 12.1 Å². The van der Waals surface area contributed by atoms with Crippen molar-refractivity contribution in [1.29, 1.82) is 0 Å². The molecular weight excluding hydrogens is 248 g/mol. The van der Waals surface area contributed by atoms with Gasteiger partial charge in [-0.2, -0.15) is 5.10 Å². The molecule has 0 unspecified atom stereocenters. The molecule has 19 heavy (non-hydrogen) atoms. The lowest BCUT2D eigenvalue weighted by Crippen LogP contribution is -2.05. The summed E-state index contributed by atoms with van der Waals surface area (Å²) in [6.07, 6.45) is 1.90. The Morgan fingerprint density at radius 2 is 2.26 bits per heavy atom. The van der Waals surface area contributed by atoms with Gasteiger partial charge in [-0.25, -0.2) is 4.98 Å². The summed E-state index contributed by atoms with van der Waals surface area (Å²) in [4.78, 5) is 14.0. The van der Waals surface area contributed by atoms with Gasteiger partial charge in [0.25, 0.3) is 0 Å². The van der Waals surface area contributed by atoms with Gasteiger partial charge in [0.05, 0.1) is 10.6 Å². The van der Waals surface area contributed by atoms with E-state index in [1.807, 2.05) is 20.2 Å². The lowest BCUT2D eigenvalue weighted by Gasteiger charge is -2.05. The van der Waals surface area contributed by atoms with Crippen LogP contribution in [0.4, 0.5) is 17.3 Å². The van der Waals surface area contributed by atoms with Gasteiger partial charge in [-0.05, 0) is 13.0 Å². The number of hydrogen-bond donors (Lipinski definition) is 2. The van der Waals surface area contributed by atoms with Gasteiger partial charge in [0.1, 0.15) is 5.82 Å². The van der Waals surface area contributed by atoms with Crippen molar-refractivity contribution < 1.29 is 4.92 Å². The van der Waals surface area contributed by atoms with E-state index in [2.05, 4.69) is 15.4 Å². The minimum Gasteiger partial charge on any atom is -0.378 e. The number of aryl methyl sites for hydroxylation is 2. The van der Waals surface area contributed by atoms with E-state index in [4.69, 9.17) is 5.73 Å². The SMILES string of the molecule is Cc1nn(C)cc1CNc1ccc([N+](=O)[O-])c(N)n1. The van der Waals surface area contributed by atoms with Crippen molar-refractivity contribution in [2.24, 2.45) is 7.05 Å². The van der Waals surface area contributed by atoms with Crippen molar-refractivity contribution in [2.45, 2.75) is 13.5 Å². The quantitative estimate of drug-likeness (QED) is 0.633. The predicted molar refractivity (Wildman–Crippen MR) is 70.6 cm³/mol. The monoisotopic (exact) mass is 262 g/mol. The maximum atomic E-state index is 10.6. The Labute approximate surface area is 109 Å². The van der Waals surface area contributed by atoms with Crippen molar-refractivity contribution >= 4 is 17.3 Å². The highest BCUT2D eigenvalue weighted by Gasteiger charge is 2.12. The molecule has 3 N–H and O–H groups in total. The summed E-state index contributed by atoms with van der Waals surface area (Å²) >= 11 is 0. The van der Waals surface area contributed by atoms with Crippen molar-refractivity contribution in [3.63, 3.8) is 0 Å². The van der Waals surface area contributed by atoms with Crippen LogP contribution in [0.2, 0.25) is 0 Å². The summed E-state index contributed by atoms with van der Waals surface area (Å²) in [5.74, 6) is 0.393. The number of nitrogens with two attached hydrogens (primary N) is 1. The third-order valence-corrected chi connectivity index (χ3v) is 2.67. The molecule has 0 aliphatic rings. The molecule has 2 aromatic rings. The van der Waals surface area contributed by atoms with Gasteiger partial charge in [-0.1, -0.05) is 0 Å². The smallest absolute Gasteiger partial charge is 0.311 e. The molecule has 0 amide bonds. The van der Waals surface area contributed by atoms with E-state index in [0.29, 0.717) is 12.4 Å². The number of nitrogen functional groups attached to an aromatic ring is 1. The topological polar surface area (TPSA) is 112 Å². The first kappa shape index (κ1) is 12.8. The van der Waals surface area contributed by atoms with Crippen LogP contribution in [-0.2, 0) is 13.6 Å². The molecular formula is C11H14N6O2. The Bertz CT molecular complexity index is 622. The number of anilines is 2. The first-order valence-corrected chi connectivity index (χ1v) is 5.61. The lowest BCUT2D eigenvalue weighted by atomic mass is 10.2. The van der Waals surface area contributed by atoms with Crippen molar-refractivity contribution in [3.8, 4) is 0 Å². The van der Waals surface area contributed by atoms with Gasteiger partial charge < -0.3 is 11.1 Å². The predicted octanol–water partition coefficient (Wildman–Crippen LogP) is 1.23. The van der Waals surface area contributed by atoms with Crippen LogP contribution >= 0.6 is 0 Å². The molecule has 8 heteroatoms. The van der Waals surface area contributed by atoms with E-state index in [0.717, 1.165) is 11.3 Å². The normalized spacial score (nSPS) is 10.4. The molecule has 0 aliphatic carbocycles. The molecule has 100 valence electrons. The molecule has 0 saturated heterocycles. The Kier molecular flexibility index (Phi) is 3.32. The molecule has 0 aromatic carbocycles. The van der Waals surface area contributed by atoms with Crippen LogP contribution in [-0.4, -0.2) is 19.7 Å². The molecule has 0 bridgehead atoms. The highest BCUT2D eigenvalue weighted by molar-refractivity contribution is 5.57. The maximum Gasteiger partial charge on any atom is 0.311 e. The zero-order chi connectivity index (χ0) is 14.0. The van der Waals surface area contributed by atoms with Gasteiger partial charge in [-0.3, -0.25) is 14.8 Å². The van der Waals surface area contributed by atoms with Crippen molar-refractivity contribution in [3.05, 3.63) is 39.7 Å². The average molecular weight is 262 g/mol. The fourth-order valence-corrected chi connectivity index (χ4v) is 1.73. The highest BCUT2D eigenvalue weighted by atomic mass is 16.6. The van der Waals surface area contributed by atoms with Crippen LogP contribution in [0.15, 0.2) is 18.3 Å². The maximum absolute atomic E-state index is 10.6. The number of nitrogens with zero attached hydrogens (tertiary/aromatic N) is 4. The number of nitrogens with one attached hydrogen (secondary N) is 1. The molecule has 0 saturated carbocycles. The molecule has 0 radical (unpaired) electrons. The van der Waals surface area contributed by atoms with E-state index < -0.39 is 4.92 Å². The standard InChI is InChI=1S/C11H14N6O2/c1-7-8(6-16(2)15-7)5-13-10-4-3-9(17(18)19)11(12)14-10/h3-4,6H,5H2,1-2H3,(H3,12,13,14). The second kappa shape index (κ2) is 4.92. The molecule has 2 aromatic heterocycles. The van der Waals surface area contributed by atoms with Crippen LogP contribution in [0.1, 0.15) is 11.3 Å². The first-order chi connectivity index (χ1) is 8.97. The van der Waals surface area contributed by atoms with Gasteiger partial charge in [-0.15, -0.1) is 0 Å². The highest BCUT2D eigenvalue weighted by Crippen LogP contribution is 2.21. The lowest BCUT2D eigenvalue weighted by molar-refractivity contribution is -0.384. The molecule has 8 nitrogen and oxygen atoms in total. The first-order valence-electron chi connectivity index (χ1n) is 5.61. The second-order valence-electron chi connectivity index (χ2n) is 4.12. The Morgan fingerprint density at radius 3 is 2.79 bits per heavy atom. The third-order valence-electron chi connectivity index (χ3n) is 2.67. The zero-order valence-electron chi connectivity index (χ0n) is 10.6. The Hall–Kier alpha value is -2.64. The van der Waals surface area contributed by atoms with Crippen LogP contribution in [0.5, 0.6) is 0 Å². The molecule has 0 atom stereocenters. The summed E-state index contributed by atoms with van der Waals surface area (Å²) in [6, 6.07) is 2.86. The summed E-state index contributed by atoms with van der Waals surface area (Å²) in [5, 5.41) is 17.9. The molecule has 2 rings (SSSR count). The van der Waals surface area contributed by atoms with Gasteiger partial charge in [0, 0.05) is 31.4 Å². The summed E-state index contributed by atoms with van der Waals surface area (Å²) < 4.78 is 1.73. The molecule has 0 aliphatic heterocycles. The van der Waals surface area contributed by atoms with Crippen LogP contribution < -0.4 is 11.1 Å². The number of rotatable bonds is 4. The fourth-order valence-electron chi connectivity index (χ4n) is 1.73. The zero-order valence-corrected chi connectivity index (χ0v) is 10.6. The minimum atomic E-state index is -0.558. The van der Waals surface area contributed by atoms with E-state index in [1.54, 1.807) is 4.68 Å². The third kappa shape index (κ3) is 2.79. The molecule has 0 fully saturated rings. The van der Waals surface area contributed by atoms with Crippen molar-refractivity contribution in [1.82, 2.24) is 14.8 Å². The van der Waals surface area contributed by atoms with E-state index in [-0.39, 0.29) is 11.5 Å². The Balaban J connectivity index is 2.10. The number of hydrogen-bond acceptors (Lipinski definition) is 6. The average Bonchev–Trinajstić information content (AvgIpc) is 2.65. The summed E-state index contributed by atoms with van der Waals surface area (Å²) in [6.45, 7) is 2.44. The van der Waals surface area contributed by atoms with Crippen molar-refractivity contribution in [2.75, 3.05) is 11.1 Å². The largest absolute Gasteiger partial charge is 0.378 e. The summed E-state index contributed by atoms with van der Waals surface area (Å²) in [5.41, 5.74) is 7.27. The van der Waals surface area contributed by atoms with Gasteiger partial charge in [0.15, 0.2) is 0 Å². The molecule has 0 spiro atoms. The minimum absolute atomic E-state index is 0.0992. The van der Waals surface area contributed by atoms with Gasteiger partial charge >= 0.3 is 5.69 Å². The fraction of sp³-hybridized carbons (Fsp3) is 0.273. The van der Waals surface area contributed by atoms with E-state index in [9.17, 15) is 10.1 Å². The molecule has 2 heterocycles.